The zero-order valence-electron chi connectivity index (χ0n) is 7.54. The minimum atomic E-state index is -0.515. The fourth-order valence-electron chi connectivity index (χ4n) is 1.39. The van der Waals surface area contributed by atoms with E-state index >= 15 is 0 Å². The zero-order chi connectivity index (χ0) is 11.0. The van der Waals surface area contributed by atoms with Crippen LogP contribution in [0.5, 0.6) is 0 Å². The van der Waals surface area contributed by atoms with Gasteiger partial charge in [0.05, 0.1) is 15.8 Å². The number of rotatable bonds is 1. The Labute approximate surface area is 90.5 Å². The van der Waals surface area contributed by atoms with E-state index in [1.165, 1.54) is 0 Å². The smallest absolute Gasteiger partial charge is 0.304 e. The summed E-state index contributed by atoms with van der Waals surface area (Å²) in [5.41, 5.74) is 5.95. The van der Waals surface area contributed by atoms with Crippen LogP contribution < -0.4 is 5.73 Å². The van der Waals surface area contributed by atoms with E-state index in [0.29, 0.717) is 10.9 Å². The number of para-hydroxylation sites is 1. The molecule has 1 aromatic carbocycles. The maximum absolute atomic E-state index is 10.9. The molecule has 2 N–H and O–H groups in total. The Morgan fingerprint density at radius 3 is 2.73 bits per heavy atom. The van der Waals surface area contributed by atoms with E-state index < -0.39 is 4.92 Å². The molecule has 0 saturated heterocycles. The Morgan fingerprint density at radius 2 is 2.07 bits per heavy atom. The summed E-state index contributed by atoms with van der Waals surface area (Å²) < 4.78 is 0. The third kappa shape index (κ3) is 1.48. The van der Waals surface area contributed by atoms with Gasteiger partial charge in [-0.05, 0) is 12.1 Å². The molecule has 0 spiro atoms. The summed E-state index contributed by atoms with van der Waals surface area (Å²) in [7, 11) is 0. The highest BCUT2D eigenvalue weighted by molar-refractivity contribution is 7.80. The van der Waals surface area contributed by atoms with Crippen molar-refractivity contribution in [3.8, 4) is 0 Å². The van der Waals surface area contributed by atoms with E-state index in [4.69, 9.17) is 5.73 Å². The minimum absolute atomic E-state index is 0.00188. The molecule has 5 nitrogen and oxygen atoms in total. The second kappa shape index (κ2) is 3.39. The summed E-state index contributed by atoms with van der Waals surface area (Å²) in [5, 5.41) is 11.5. The summed E-state index contributed by atoms with van der Waals surface area (Å²) in [4.78, 5) is 14.4. The molecule has 0 bridgehead atoms. The van der Waals surface area contributed by atoms with Gasteiger partial charge in [0.2, 0.25) is 0 Å². The lowest BCUT2D eigenvalue weighted by Crippen LogP contribution is -1.99. The van der Waals surface area contributed by atoms with Crippen LogP contribution in [0.1, 0.15) is 0 Å². The molecule has 0 aliphatic carbocycles. The Kier molecular flexibility index (Phi) is 2.20. The van der Waals surface area contributed by atoms with Crippen LogP contribution in [-0.4, -0.2) is 9.91 Å². The number of nitrogens with two attached hydrogens (primary N) is 1. The normalized spacial score (nSPS) is 10.5. The molecule has 0 atom stereocenters. The van der Waals surface area contributed by atoms with Crippen molar-refractivity contribution in [1.29, 1.82) is 0 Å². The second-order valence-corrected chi connectivity index (χ2v) is 3.40. The van der Waals surface area contributed by atoms with E-state index in [2.05, 4.69) is 17.6 Å². The van der Waals surface area contributed by atoms with Crippen LogP contribution in [0.2, 0.25) is 0 Å². The Balaban J connectivity index is 2.95. The first-order valence-corrected chi connectivity index (χ1v) is 4.57. The van der Waals surface area contributed by atoms with Crippen molar-refractivity contribution in [2.24, 2.45) is 0 Å². The number of benzene rings is 1. The van der Waals surface area contributed by atoms with Gasteiger partial charge in [0.25, 0.3) is 0 Å². The van der Waals surface area contributed by atoms with Crippen LogP contribution in [0.4, 0.5) is 11.4 Å². The lowest BCUT2D eigenvalue weighted by Gasteiger charge is -2.03. The van der Waals surface area contributed by atoms with Gasteiger partial charge in [-0.1, -0.05) is 12.1 Å². The average Bonchev–Trinajstić information content (AvgIpc) is 2.19. The fraction of sp³-hybridized carbons (Fsp3) is 0. The lowest BCUT2D eigenvalue weighted by atomic mass is 10.2. The highest BCUT2D eigenvalue weighted by Crippen LogP contribution is 2.33. The maximum atomic E-state index is 10.9. The number of nitrogens with zero attached hydrogens (tertiary/aromatic N) is 2. The second-order valence-electron chi connectivity index (χ2n) is 2.97. The topological polar surface area (TPSA) is 82.0 Å². The number of anilines is 1. The van der Waals surface area contributed by atoms with Crippen LogP contribution in [0.15, 0.2) is 29.3 Å². The van der Waals surface area contributed by atoms with Crippen molar-refractivity contribution >= 4 is 34.9 Å². The van der Waals surface area contributed by atoms with Gasteiger partial charge in [-0.15, -0.1) is 12.6 Å². The van der Waals surface area contributed by atoms with Crippen LogP contribution >= 0.6 is 12.6 Å². The molecule has 0 aliphatic rings. The van der Waals surface area contributed by atoms with E-state index in [1.807, 2.05) is 0 Å². The molecular weight excluding hydrogens is 214 g/mol. The molecule has 2 aromatic rings. The van der Waals surface area contributed by atoms with Gasteiger partial charge in [-0.3, -0.25) is 10.1 Å². The average molecular weight is 221 g/mol. The summed E-state index contributed by atoms with van der Waals surface area (Å²) in [6.07, 6.45) is 0. The molecule has 0 unspecified atom stereocenters. The van der Waals surface area contributed by atoms with Gasteiger partial charge in [-0.2, -0.15) is 0 Å². The quantitative estimate of drug-likeness (QED) is 0.438. The van der Waals surface area contributed by atoms with E-state index in [1.54, 1.807) is 24.3 Å². The molecule has 15 heavy (non-hydrogen) atoms. The van der Waals surface area contributed by atoms with Crippen LogP contribution in [-0.2, 0) is 0 Å². The fourth-order valence-corrected chi connectivity index (χ4v) is 1.61. The van der Waals surface area contributed by atoms with Crippen molar-refractivity contribution in [2.45, 2.75) is 5.03 Å². The molecule has 1 aromatic heterocycles. The first-order valence-electron chi connectivity index (χ1n) is 4.13. The Bertz CT molecular complexity index is 556. The van der Waals surface area contributed by atoms with Gasteiger partial charge in [0.1, 0.15) is 10.7 Å². The van der Waals surface area contributed by atoms with Gasteiger partial charge in [-0.25, -0.2) is 4.98 Å². The lowest BCUT2D eigenvalue weighted by molar-refractivity contribution is -0.382. The molecule has 6 heteroatoms. The number of thiol groups is 1. The number of hydrogen-bond acceptors (Lipinski definition) is 5. The highest BCUT2D eigenvalue weighted by atomic mass is 32.1. The number of nitrogen functional groups attached to an aromatic ring is 1. The standard InChI is InChI=1S/C9H7N3O2S/c10-7-8(12(13)14)5-3-1-2-4-6(5)11-9(7)15/h1-4H,10H2,(H,11,15). The molecule has 76 valence electrons. The van der Waals surface area contributed by atoms with Crippen molar-refractivity contribution in [3.05, 3.63) is 34.4 Å². The van der Waals surface area contributed by atoms with Crippen LogP contribution in [0.3, 0.4) is 0 Å². The SMILES string of the molecule is Nc1c(S)nc2ccccc2c1[N+](=O)[O-]. The summed E-state index contributed by atoms with van der Waals surface area (Å²) >= 11 is 4.00. The highest BCUT2D eigenvalue weighted by Gasteiger charge is 2.19. The Hall–Kier alpha value is -1.82. The van der Waals surface area contributed by atoms with Crippen molar-refractivity contribution < 1.29 is 4.92 Å². The van der Waals surface area contributed by atoms with E-state index in [0.717, 1.165) is 0 Å². The molecule has 2 rings (SSSR count). The third-order valence-corrected chi connectivity index (χ3v) is 2.41. The predicted octanol–water partition coefficient (Wildman–Crippen LogP) is 2.01. The third-order valence-electron chi connectivity index (χ3n) is 2.06. The Morgan fingerprint density at radius 1 is 1.40 bits per heavy atom. The zero-order valence-corrected chi connectivity index (χ0v) is 8.44. The molecule has 0 fully saturated rings. The monoisotopic (exact) mass is 221 g/mol. The largest absolute Gasteiger partial charge is 0.391 e. The van der Waals surface area contributed by atoms with Gasteiger partial charge < -0.3 is 5.73 Å². The van der Waals surface area contributed by atoms with Crippen molar-refractivity contribution in [2.75, 3.05) is 5.73 Å². The predicted molar refractivity (Wildman–Crippen MR) is 60.1 cm³/mol. The first kappa shape index (κ1) is 9.72. The first-order chi connectivity index (χ1) is 7.11. The molecule has 1 heterocycles. The minimum Gasteiger partial charge on any atom is -0.391 e. The van der Waals surface area contributed by atoms with E-state index in [-0.39, 0.29) is 16.4 Å². The molecule has 0 amide bonds. The molecule has 0 radical (unpaired) electrons. The molecule has 0 saturated carbocycles. The number of pyridine rings is 1. The van der Waals surface area contributed by atoms with Gasteiger partial charge in [0.15, 0.2) is 0 Å². The maximum Gasteiger partial charge on any atom is 0.304 e. The molecule has 0 aliphatic heterocycles. The molecular formula is C9H7N3O2S. The van der Waals surface area contributed by atoms with Gasteiger partial charge >= 0.3 is 5.69 Å². The number of aromatic nitrogens is 1. The summed E-state index contributed by atoms with van der Waals surface area (Å²) in [5.74, 6) is 0. The van der Waals surface area contributed by atoms with Crippen LogP contribution in [0, 0.1) is 10.1 Å². The van der Waals surface area contributed by atoms with E-state index in [9.17, 15) is 10.1 Å². The summed E-state index contributed by atoms with van der Waals surface area (Å²) in [6, 6.07) is 6.75. The van der Waals surface area contributed by atoms with Gasteiger partial charge in [0, 0.05) is 0 Å². The number of fused-ring (bicyclic) bond motifs is 1. The number of nitro groups is 1. The number of hydrogen-bond donors (Lipinski definition) is 2. The summed E-state index contributed by atoms with van der Waals surface area (Å²) in [6.45, 7) is 0. The van der Waals surface area contributed by atoms with Crippen molar-refractivity contribution in [3.63, 3.8) is 0 Å². The van der Waals surface area contributed by atoms with Crippen LogP contribution in [0.25, 0.3) is 10.9 Å². The van der Waals surface area contributed by atoms with Crippen molar-refractivity contribution in [1.82, 2.24) is 4.98 Å².